The number of carbonyl (C=O) groups is 2. The minimum Gasteiger partial charge on any atom is -0.391 e. The summed E-state index contributed by atoms with van der Waals surface area (Å²) in [6, 6.07) is 16.2. The zero-order valence-corrected chi connectivity index (χ0v) is 16.6. The Labute approximate surface area is 177 Å². The predicted molar refractivity (Wildman–Crippen MR) is 117 cm³/mol. The predicted octanol–water partition coefficient (Wildman–Crippen LogP) is 3.40. The molecule has 0 radical (unpaired) electrons. The average molecular weight is 406 g/mol. The number of aliphatic hydroxyl groups is 1. The van der Waals surface area contributed by atoms with Gasteiger partial charge in [0.05, 0.1) is 23.7 Å². The fourth-order valence-corrected chi connectivity index (χ4v) is 3.44. The number of hydrogen-bond acceptors (Lipinski definition) is 5. The van der Waals surface area contributed by atoms with Gasteiger partial charge in [0.25, 0.3) is 11.8 Å². The Morgan fingerprint density at radius 2 is 1.97 bits per heavy atom. The van der Waals surface area contributed by atoms with E-state index in [1.54, 1.807) is 48.4 Å². The number of carbonyl (C=O) groups excluding carboxylic acids is 2. The van der Waals surface area contributed by atoms with Gasteiger partial charge in [-0.05, 0) is 37.6 Å². The number of hydrogen-bond donors (Lipinski definition) is 2. The van der Waals surface area contributed by atoms with Gasteiger partial charge in [0.1, 0.15) is 5.69 Å². The topological polar surface area (TPSA) is 95.4 Å². The van der Waals surface area contributed by atoms with E-state index in [0.29, 0.717) is 47.7 Å². The minimum atomic E-state index is -0.467. The van der Waals surface area contributed by atoms with Gasteiger partial charge in [0, 0.05) is 32.8 Å². The number of likely N-dealkylation sites (tertiary alicyclic amines) is 1. The van der Waals surface area contributed by atoms with Crippen LogP contribution in [0.2, 0.25) is 0 Å². The standard InChI is InChI=1S/C23H22N4O3.2H2/c1-15-21(22(29)25-18-8-3-2-4-9-18)26-20(13-24-15)16-6-5-7-17(12-16)23(30)27-11-10-19(28)14-27;;/h2-9,12-13,19,28H,10-11,14H2,1H3,(H,25,29);2*1H. The summed E-state index contributed by atoms with van der Waals surface area (Å²) in [6.45, 7) is 2.62. The summed E-state index contributed by atoms with van der Waals surface area (Å²) >= 11 is 0. The largest absolute Gasteiger partial charge is 0.391 e. The van der Waals surface area contributed by atoms with E-state index in [2.05, 4.69) is 15.3 Å². The Morgan fingerprint density at radius 1 is 1.17 bits per heavy atom. The third-order valence-electron chi connectivity index (χ3n) is 5.06. The number of nitrogens with one attached hydrogen (secondary N) is 1. The molecule has 2 amide bonds. The van der Waals surface area contributed by atoms with Crippen molar-refractivity contribution in [2.24, 2.45) is 0 Å². The Morgan fingerprint density at radius 3 is 2.70 bits per heavy atom. The Bertz CT molecular complexity index is 1100. The number of nitrogens with zero attached hydrogens (tertiary/aromatic N) is 3. The fraction of sp³-hybridized carbons (Fsp3) is 0.217. The fourth-order valence-electron chi connectivity index (χ4n) is 3.44. The van der Waals surface area contributed by atoms with Crippen LogP contribution in [-0.2, 0) is 0 Å². The first-order valence-corrected chi connectivity index (χ1v) is 9.79. The molecule has 1 fully saturated rings. The number of aliphatic hydroxyl groups excluding tert-OH is 1. The summed E-state index contributed by atoms with van der Waals surface area (Å²) in [6.07, 6.45) is 1.72. The Hall–Kier alpha value is -3.58. The van der Waals surface area contributed by atoms with Crippen LogP contribution in [0.25, 0.3) is 11.3 Å². The Balaban J connectivity index is 0.00000181. The molecule has 3 aromatic rings. The van der Waals surface area contributed by atoms with Crippen LogP contribution in [0.1, 0.15) is 35.8 Å². The molecule has 4 rings (SSSR count). The van der Waals surface area contributed by atoms with Gasteiger partial charge in [-0.1, -0.05) is 30.3 Å². The maximum atomic E-state index is 12.7. The molecule has 7 nitrogen and oxygen atoms in total. The molecule has 2 aromatic carbocycles. The molecule has 1 atom stereocenters. The van der Waals surface area contributed by atoms with Crippen molar-refractivity contribution in [3.8, 4) is 11.3 Å². The quantitative estimate of drug-likeness (QED) is 0.692. The monoisotopic (exact) mass is 406 g/mol. The van der Waals surface area contributed by atoms with E-state index in [1.165, 1.54) is 0 Å². The normalized spacial score (nSPS) is 15.8. The molecule has 156 valence electrons. The second-order valence-corrected chi connectivity index (χ2v) is 7.28. The lowest BCUT2D eigenvalue weighted by Crippen LogP contribution is -2.29. The van der Waals surface area contributed by atoms with Crippen LogP contribution in [0.15, 0.2) is 60.8 Å². The molecule has 0 spiro atoms. The van der Waals surface area contributed by atoms with E-state index in [4.69, 9.17) is 0 Å². The molecule has 1 saturated heterocycles. The van der Waals surface area contributed by atoms with Gasteiger partial charge in [-0.2, -0.15) is 0 Å². The van der Waals surface area contributed by atoms with Crippen molar-refractivity contribution in [1.29, 1.82) is 0 Å². The lowest BCUT2D eigenvalue weighted by molar-refractivity contribution is 0.0765. The van der Waals surface area contributed by atoms with E-state index in [1.807, 2.05) is 24.3 Å². The molecule has 30 heavy (non-hydrogen) atoms. The van der Waals surface area contributed by atoms with Crippen molar-refractivity contribution >= 4 is 17.5 Å². The van der Waals surface area contributed by atoms with Crippen LogP contribution in [0.4, 0.5) is 5.69 Å². The van der Waals surface area contributed by atoms with Crippen molar-refractivity contribution < 1.29 is 17.5 Å². The highest BCUT2D eigenvalue weighted by molar-refractivity contribution is 6.03. The van der Waals surface area contributed by atoms with Crippen LogP contribution >= 0.6 is 0 Å². The van der Waals surface area contributed by atoms with E-state index >= 15 is 0 Å². The number of aryl methyl sites for hydroxylation is 1. The molecular weight excluding hydrogens is 380 g/mol. The first-order chi connectivity index (χ1) is 14.5. The van der Waals surface area contributed by atoms with Gasteiger partial charge in [-0.15, -0.1) is 0 Å². The van der Waals surface area contributed by atoms with Gasteiger partial charge in [-0.3, -0.25) is 14.6 Å². The molecule has 1 aliphatic heterocycles. The second-order valence-electron chi connectivity index (χ2n) is 7.28. The lowest BCUT2D eigenvalue weighted by Gasteiger charge is -2.16. The maximum Gasteiger partial charge on any atom is 0.276 e. The average Bonchev–Trinajstić information content (AvgIpc) is 3.20. The van der Waals surface area contributed by atoms with Crippen molar-refractivity contribution in [1.82, 2.24) is 14.9 Å². The van der Waals surface area contributed by atoms with Crippen LogP contribution < -0.4 is 5.32 Å². The smallest absolute Gasteiger partial charge is 0.276 e. The molecule has 0 bridgehead atoms. The molecule has 1 aliphatic rings. The highest BCUT2D eigenvalue weighted by atomic mass is 16.3. The van der Waals surface area contributed by atoms with Crippen LogP contribution in [0.5, 0.6) is 0 Å². The van der Waals surface area contributed by atoms with Crippen molar-refractivity contribution in [2.75, 3.05) is 18.4 Å². The van der Waals surface area contributed by atoms with Crippen LogP contribution in [0, 0.1) is 6.92 Å². The molecule has 1 unspecified atom stereocenters. The SMILES string of the molecule is Cc1ncc(-c2cccc(C(=O)N3CCC(O)C3)c2)nc1C(=O)Nc1ccccc1.[HH].[HH]. The number of aromatic nitrogens is 2. The summed E-state index contributed by atoms with van der Waals surface area (Å²) < 4.78 is 0. The van der Waals surface area contributed by atoms with E-state index in [0.717, 1.165) is 0 Å². The van der Waals surface area contributed by atoms with E-state index < -0.39 is 6.10 Å². The third kappa shape index (κ3) is 4.21. The minimum absolute atomic E-state index is 0. The highest BCUT2D eigenvalue weighted by Gasteiger charge is 2.25. The molecule has 0 aliphatic carbocycles. The first kappa shape index (κ1) is 19.7. The summed E-state index contributed by atoms with van der Waals surface area (Å²) in [5, 5.41) is 12.5. The van der Waals surface area contributed by atoms with Gasteiger partial charge in [-0.25, -0.2) is 4.98 Å². The molecule has 1 aromatic heterocycles. The van der Waals surface area contributed by atoms with E-state index in [9.17, 15) is 14.7 Å². The van der Waals surface area contributed by atoms with Crippen LogP contribution in [-0.4, -0.2) is 51.0 Å². The zero-order valence-electron chi connectivity index (χ0n) is 16.6. The number of rotatable bonds is 4. The number of para-hydroxylation sites is 1. The van der Waals surface area contributed by atoms with E-state index in [-0.39, 0.29) is 20.4 Å². The number of β-amino-alcohol motifs (C(OH)–C–C–N with tert-alkyl or cyclic N) is 1. The van der Waals surface area contributed by atoms with Gasteiger partial charge in [0.15, 0.2) is 0 Å². The zero-order chi connectivity index (χ0) is 21.1. The van der Waals surface area contributed by atoms with Gasteiger partial charge in [0.2, 0.25) is 0 Å². The third-order valence-corrected chi connectivity index (χ3v) is 5.06. The summed E-state index contributed by atoms with van der Waals surface area (Å²) in [7, 11) is 0. The summed E-state index contributed by atoms with van der Waals surface area (Å²) in [4.78, 5) is 35.9. The number of anilines is 1. The summed E-state index contributed by atoms with van der Waals surface area (Å²) in [5.74, 6) is -0.471. The van der Waals surface area contributed by atoms with Crippen LogP contribution in [0.3, 0.4) is 0 Å². The number of benzene rings is 2. The molecule has 7 heteroatoms. The van der Waals surface area contributed by atoms with Crippen molar-refractivity contribution in [3.63, 3.8) is 0 Å². The maximum absolute atomic E-state index is 12.7. The molecule has 2 N–H and O–H groups in total. The lowest BCUT2D eigenvalue weighted by atomic mass is 10.1. The highest BCUT2D eigenvalue weighted by Crippen LogP contribution is 2.22. The Kier molecular flexibility index (Phi) is 5.54. The van der Waals surface area contributed by atoms with Gasteiger partial charge < -0.3 is 15.3 Å². The number of amides is 2. The molecule has 2 heterocycles. The van der Waals surface area contributed by atoms with Gasteiger partial charge >= 0.3 is 0 Å². The first-order valence-electron chi connectivity index (χ1n) is 9.79. The second kappa shape index (κ2) is 8.42. The van der Waals surface area contributed by atoms with Crippen molar-refractivity contribution in [3.05, 3.63) is 77.7 Å². The summed E-state index contributed by atoms with van der Waals surface area (Å²) in [5.41, 5.74) is 3.15. The molecular formula is C23H26N4O3. The van der Waals surface area contributed by atoms with Crippen molar-refractivity contribution in [2.45, 2.75) is 19.4 Å². The molecule has 0 saturated carbocycles.